The van der Waals surface area contributed by atoms with Gasteiger partial charge in [0.1, 0.15) is 23.2 Å². The molecule has 1 aromatic rings. The molecule has 148 valence electrons. The third-order valence-corrected chi connectivity index (χ3v) is 3.63. The molecule has 1 atom stereocenters. The van der Waals surface area contributed by atoms with Crippen molar-refractivity contribution in [2.45, 2.75) is 51.7 Å². The molecule has 0 unspecified atom stereocenters. The first kappa shape index (κ1) is 20.5. The Kier molecular flexibility index (Phi) is 6.59. The molecule has 0 aromatic heterocycles. The first-order valence-corrected chi connectivity index (χ1v) is 8.69. The molecule has 9 heteroatoms. The van der Waals surface area contributed by atoms with E-state index in [1.54, 1.807) is 20.8 Å². The van der Waals surface area contributed by atoms with Gasteiger partial charge in [-0.1, -0.05) is 0 Å². The summed E-state index contributed by atoms with van der Waals surface area (Å²) in [6.07, 6.45) is 0.194. The van der Waals surface area contributed by atoms with Crippen LogP contribution in [0, 0.1) is 5.82 Å². The standard InChI is InChI=1S/C18H24FN3O5/c1-18(2,3)27-16(24)20-14-6-4-5-11-22(15(14)23)21-17(25)26-13-9-7-12(19)8-10-13/h7-10,14H,4-6,11H2,1-3H3,(H,20,24)(H,21,25)/t14-/m1/s1. The summed E-state index contributed by atoms with van der Waals surface area (Å²) < 4.78 is 23.1. The molecule has 0 saturated carbocycles. The lowest BCUT2D eigenvalue weighted by atomic mass is 10.1. The molecule has 2 rings (SSSR count). The lowest BCUT2D eigenvalue weighted by Crippen LogP contribution is -2.54. The van der Waals surface area contributed by atoms with E-state index in [-0.39, 0.29) is 12.3 Å². The fourth-order valence-corrected chi connectivity index (χ4v) is 2.48. The number of carbonyl (C=O) groups is 3. The second-order valence-electron chi connectivity index (χ2n) is 7.14. The van der Waals surface area contributed by atoms with Crippen molar-refractivity contribution < 1.29 is 28.2 Å². The summed E-state index contributed by atoms with van der Waals surface area (Å²) in [4.78, 5) is 36.6. The Morgan fingerprint density at radius 1 is 1.15 bits per heavy atom. The summed E-state index contributed by atoms with van der Waals surface area (Å²) >= 11 is 0. The summed E-state index contributed by atoms with van der Waals surface area (Å²) in [5.41, 5.74) is 1.67. The number of hydrogen-bond donors (Lipinski definition) is 2. The Bertz CT molecular complexity index is 687. The molecule has 1 aromatic carbocycles. The van der Waals surface area contributed by atoms with Crippen LogP contribution in [0.3, 0.4) is 0 Å². The number of nitrogens with zero attached hydrogens (tertiary/aromatic N) is 1. The Morgan fingerprint density at radius 3 is 2.44 bits per heavy atom. The van der Waals surface area contributed by atoms with Crippen LogP contribution < -0.4 is 15.5 Å². The van der Waals surface area contributed by atoms with E-state index in [0.717, 1.165) is 17.1 Å². The molecule has 2 N–H and O–H groups in total. The highest BCUT2D eigenvalue weighted by Gasteiger charge is 2.31. The van der Waals surface area contributed by atoms with Crippen LogP contribution in [0.2, 0.25) is 0 Å². The zero-order valence-electron chi connectivity index (χ0n) is 15.6. The van der Waals surface area contributed by atoms with Gasteiger partial charge in [0.05, 0.1) is 0 Å². The minimum atomic E-state index is -0.882. The maximum absolute atomic E-state index is 12.9. The SMILES string of the molecule is CC(C)(C)OC(=O)N[C@@H]1CCCCN(NC(=O)Oc2ccc(F)cc2)C1=O. The molecular formula is C18H24FN3O5. The molecule has 1 aliphatic heterocycles. The maximum Gasteiger partial charge on any atom is 0.431 e. The minimum absolute atomic E-state index is 0.139. The minimum Gasteiger partial charge on any atom is -0.444 e. The lowest BCUT2D eigenvalue weighted by Gasteiger charge is -2.26. The molecule has 3 amide bonds. The molecule has 0 bridgehead atoms. The van der Waals surface area contributed by atoms with Crippen LogP contribution in [-0.2, 0) is 9.53 Å². The highest BCUT2D eigenvalue weighted by Crippen LogP contribution is 2.14. The molecule has 1 fully saturated rings. The van der Waals surface area contributed by atoms with E-state index in [4.69, 9.17) is 9.47 Å². The number of ether oxygens (including phenoxy) is 2. The van der Waals surface area contributed by atoms with E-state index in [0.29, 0.717) is 19.3 Å². The smallest absolute Gasteiger partial charge is 0.431 e. The Labute approximate surface area is 157 Å². The lowest BCUT2D eigenvalue weighted by molar-refractivity contribution is -0.135. The van der Waals surface area contributed by atoms with Crippen LogP contribution in [0.25, 0.3) is 0 Å². The van der Waals surface area contributed by atoms with E-state index < -0.39 is 35.6 Å². The van der Waals surface area contributed by atoms with Crippen molar-refractivity contribution in [2.24, 2.45) is 0 Å². The molecule has 0 spiro atoms. The van der Waals surface area contributed by atoms with E-state index in [2.05, 4.69) is 10.7 Å². The largest absolute Gasteiger partial charge is 0.444 e. The van der Waals surface area contributed by atoms with Crippen molar-refractivity contribution in [2.75, 3.05) is 6.54 Å². The number of benzene rings is 1. The van der Waals surface area contributed by atoms with Crippen molar-refractivity contribution in [3.63, 3.8) is 0 Å². The van der Waals surface area contributed by atoms with Crippen molar-refractivity contribution in [3.8, 4) is 5.75 Å². The molecule has 1 heterocycles. The van der Waals surface area contributed by atoms with Crippen LogP contribution in [0.1, 0.15) is 40.0 Å². The van der Waals surface area contributed by atoms with Gasteiger partial charge in [0, 0.05) is 6.54 Å². The third kappa shape index (κ3) is 6.76. The summed E-state index contributed by atoms with van der Waals surface area (Å²) in [5.74, 6) is -0.782. The van der Waals surface area contributed by atoms with E-state index in [1.165, 1.54) is 12.1 Å². The van der Waals surface area contributed by atoms with Crippen molar-refractivity contribution >= 4 is 18.1 Å². The Balaban J connectivity index is 1.95. The zero-order valence-corrected chi connectivity index (χ0v) is 15.6. The van der Waals surface area contributed by atoms with Gasteiger partial charge in [-0.05, 0) is 64.3 Å². The maximum atomic E-state index is 12.9. The van der Waals surface area contributed by atoms with Gasteiger partial charge < -0.3 is 14.8 Å². The summed E-state index contributed by atoms with van der Waals surface area (Å²) in [6, 6.07) is 4.09. The predicted molar refractivity (Wildman–Crippen MR) is 94.3 cm³/mol. The number of carbonyl (C=O) groups excluding carboxylic acids is 3. The van der Waals surface area contributed by atoms with Gasteiger partial charge in [-0.3, -0.25) is 4.79 Å². The fourth-order valence-electron chi connectivity index (χ4n) is 2.48. The summed E-state index contributed by atoms with van der Waals surface area (Å²) in [6.45, 7) is 5.45. The first-order chi connectivity index (χ1) is 12.6. The monoisotopic (exact) mass is 381 g/mol. The number of rotatable bonds is 3. The molecule has 0 aliphatic carbocycles. The van der Waals surface area contributed by atoms with Crippen LogP contribution in [0.15, 0.2) is 24.3 Å². The molecular weight excluding hydrogens is 357 g/mol. The van der Waals surface area contributed by atoms with Crippen molar-refractivity contribution in [3.05, 3.63) is 30.1 Å². The third-order valence-electron chi connectivity index (χ3n) is 3.63. The second-order valence-corrected chi connectivity index (χ2v) is 7.14. The number of hydrazine groups is 1. The number of hydrogen-bond acceptors (Lipinski definition) is 5. The molecule has 1 saturated heterocycles. The second kappa shape index (κ2) is 8.70. The van der Waals surface area contributed by atoms with Crippen LogP contribution in [0.5, 0.6) is 5.75 Å². The van der Waals surface area contributed by atoms with E-state index in [1.807, 2.05) is 0 Å². The average molecular weight is 381 g/mol. The molecule has 1 aliphatic rings. The average Bonchev–Trinajstić information content (AvgIpc) is 2.71. The number of halogens is 1. The molecule has 27 heavy (non-hydrogen) atoms. The van der Waals surface area contributed by atoms with Gasteiger partial charge in [0.15, 0.2) is 0 Å². The van der Waals surface area contributed by atoms with E-state index in [9.17, 15) is 18.8 Å². The highest BCUT2D eigenvalue weighted by molar-refractivity contribution is 5.87. The zero-order chi connectivity index (χ0) is 20.0. The predicted octanol–water partition coefficient (Wildman–Crippen LogP) is 2.73. The topological polar surface area (TPSA) is 97.0 Å². The molecule has 8 nitrogen and oxygen atoms in total. The van der Waals surface area contributed by atoms with Crippen LogP contribution in [0.4, 0.5) is 14.0 Å². The van der Waals surface area contributed by atoms with Gasteiger partial charge in [-0.25, -0.2) is 24.4 Å². The molecule has 0 radical (unpaired) electrons. The number of amides is 3. The normalized spacial score (nSPS) is 17.7. The summed E-state index contributed by atoms with van der Waals surface area (Å²) in [5, 5.41) is 3.65. The van der Waals surface area contributed by atoms with Gasteiger partial charge >= 0.3 is 12.2 Å². The van der Waals surface area contributed by atoms with Crippen molar-refractivity contribution in [1.29, 1.82) is 0 Å². The quantitative estimate of drug-likeness (QED) is 0.839. The van der Waals surface area contributed by atoms with Gasteiger partial charge in [0.25, 0.3) is 5.91 Å². The van der Waals surface area contributed by atoms with Crippen LogP contribution in [-0.4, -0.2) is 41.3 Å². The Morgan fingerprint density at radius 2 is 1.81 bits per heavy atom. The van der Waals surface area contributed by atoms with Crippen LogP contribution >= 0.6 is 0 Å². The number of alkyl carbamates (subject to hydrolysis) is 1. The Hall–Kier alpha value is -2.84. The highest BCUT2D eigenvalue weighted by atomic mass is 19.1. The van der Waals surface area contributed by atoms with Crippen molar-refractivity contribution in [1.82, 2.24) is 15.8 Å². The fraction of sp³-hybridized carbons (Fsp3) is 0.500. The number of nitrogens with one attached hydrogen (secondary N) is 2. The van der Waals surface area contributed by atoms with Gasteiger partial charge in [0.2, 0.25) is 0 Å². The summed E-state index contributed by atoms with van der Waals surface area (Å²) in [7, 11) is 0. The van der Waals surface area contributed by atoms with Gasteiger partial charge in [-0.15, -0.1) is 0 Å². The van der Waals surface area contributed by atoms with E-state index >= 15 is 0 Å². The first-order valence-electron chi connectivity index (χ1n) is 8.69. The van der Waals surface area contributed by atoms with Gasteiger partial charge in [-0.2, -0.15) is 0 Å².